The number of nitrogens with one attached hydrogen (secondary N) is 1. The first kappa shape index (κ1) is 30.5. The molecule has 2 amide bonds. The highest BCUT2D eigenvalue weighted by Crippen LogP contribution is 2.38. The molecule has 2 aromatic carbocycles. The van der Waals surface area contributed by atoms with Crippen molar-refractivity contribution in [3.63, 3.8) is 0 Å². The SMILES string of the molecule is COc1ccc(-n2c(=O)c3c(CN(C)C)c(-c4ccc(CONC(N)=O)cc4)sc3n(Cc3c(F)cccc3F)c2=O)nn1. The van der Waals surface area contributed by atoms with Crippen LogP contribution in [0.1, 0.15) is 16.7 Å². The minimum atomic E-state index is -0.844. The number of fused-ring (bicyclic) bond motifs is 1. The highest BCUT2D eigenvalue weighted by Gasteiger charge is 2.25. The predicted molar refractivity (Wildman–Crippen MR) is 160 cm³/mol. The number of aromatic nitrogens is 4. The maximum atomic E-state index is 14.8. The van der Waals surface area contributed by atoms with Crippen LogP contribution in [0.2, 0.25) is 0 Å². The Hall–Kier alpha value is -4.99. The molecule has 15 heteroatoms. The third-order valence-electron chi connectivity index (χ3n) is 6.62. The minimum absolute atomic E-state index is 0.0571. The fourth-order valence-electron chi connectivity index (χ4n) is 4.64. The molecule has 0 bridgehead atoms. The van der Waals surface area contributed by atoms with Gasteiger partial charge in [-0.3, -0.25) is 14.2 Å². The number of rotatable bonds is 10. The van der Waals surface area contributed by atoms with E-state index in [1.165, 1.54) is 29.9 Å². The standard InChI is InChI=1S/C29H27F2N7O5S/c1-36(2)13-19-24-26(39)38(22-11-12-23(42-3)34-33-22)29(41)37(14-18-20(30)5-4-6-21(18)31)27(24)44-25(19)17-9-7-16(8-10-17)15-43-35-28(32)40/h4-12H,13-15H2,1-3H3,(H3,32,35,40). The van der Waals surface area contributed by atoms with Gasteiger partial charge in [-0.15, -0.1) is 21.5 Å². The molecule has 0 unspecified atom stereocenters. The van der Waals surface area contributed by atoms with Crippen molar-refractivity contribution in [2.75, 3.05) is 21.2 Å². The first-order valence-electron chi connectivity index (χ1n) is 13.1. The zero-order valence-corrected chi connectivity index (χ0v) is 24.7. The maximum absolute atomic E-state index is 14.8. The maximum Gasteiger partial charge on any atom is 0.338 e. The van der Waals surface area contributed by atoms with E-state index in [1.54, 1.807) is 24.3 Å². The van der Waals surface area contributed by atoms with E-state index in [-0.39, 0.29) is 34.1 Å². The van der Waals surface area contributed by atoms with Crippen LogP contribution in [0, 0.1) is 11.6 Å². The van der Waals surface area contributed by atoms with Crippen molar-refractivity contribution in [1.29, 1.82) is 0 Å². The zero-order chi connectivity index (χ0) is 31.5. The summed E-state index contributed by atoms with van der Waals surface area (Å²) in [7, 11) is 5.06. The summed E-state index contributed by atoms with van der Waals surface area (Å²) in [4.78, 5) is 46.9. The van der Waals surface area contributed by atoms with E-state index in [1.807, 2.05) is 19.0 Å². The van der Waals surface area contributed by atoms with Crippen LogP contribution < -0.4 is 27.2 Å². The number of hydrogen-bond donors (Lipinski definition) is 2. The second-order valence-electron chi connectivity index (χ2n) is 9.92. The number of thiophene rings is 1. The van der Waals surface area contributed by atoms with Crippen molar-refractivity contribution in [2.45, 2.75) is 19.7 Å². The molecular weight excluding hydrogens is 596 g/mol. The average Bonchev–Trinajstić information content (AvgIpc) is 3.35. The topological polar surface area (TPSA) is 147 Å². The minimum Gasteiger partial charge on any atom is -0.480 e. The van der Waals surface area contributed by atoms with E-state index in [0.29, 0.717) is 17.0 Å². The number of nitrogens with zero attached hydrogens (tertiary/aromatic N) is 5. The number of hydrogen-bond acceptors (Lipinski definition) is 9. The molecule has 0 aliphatic heterocycles. The summed E-state index contributed by atoms with van der Waals surface area (Å²) in [5, 5.41) is 8.10. The Bertz CT molecular complexity index is 1940. The molecule has 3 N–H and O–H groups in total. The quantitative estimate of drug-likeness (QED) is 0.226. The Labute approximate surface area is 252 Å². The molecule has 12 nitrogen and oxygen atoms in total. The van der Waals surface area contributed by atoms with Gasteiger partial charge in [-0.2, -0.15) is 0 Å². The van der Waals surface area contributed by atoms with Crippen LogP contribution in [0.3, 0.4) is 0 Å². The fourth-order valence-corrected chi connectivity index (χ4v) is 5.94. The normalized spacial score (nSPS) is 11.3. The van der Waals surface area contributed by atoms with Crippen LogP contribution in [0.25, 0.3) is 26.5 Å². The molecule has 5 aromatic rings. The summed E-state index contributed by atoms with van der Waals surface area (Å²) >= 11 is 1.16. The van der Waals surface area contributed by atoms with Crippen LogP contribution in [0.5, 0.6) is 5.88 Å². The van der Waals surface area contributed by atoms with E-state index in [9.17, 15) is 23.2 Å². The number of methoxy groups -OCH3 is 1. The number of urea groups is 1. The Morgan fingerprint density at radius 3 is 2.32 bits per heavy atom. The van der Waals surface area contributed by atoms with E-state index in [0.717, 1.165) is 39.2 Å². The van der Waals surface area contributed by atoms with Gasteiger partial charge in [0.1, 0.15) is 16.5 Å². The summed E-state index contributed by atoms with van der Waals surface area (Å²) in [6, 6.07) is 12.6. The Kier molecular flexibility index (Phi) is 8.80. The summed E-state index contributed by atoms with van der Waals surface area (Å²) in [5.41, 5.74) is 7.31. The monoisotopic (exact) mass is 623 g/mol. The molecule has 44 heavy (non-hydrogen) atoms. The second-order valence-corrected chi connectivity index (χ2v) is 10.9. The number of nitrogens with two attached hydrogens (primary N) is 1. The third-order valence-corrected chi connectivity index (χ3v) is 7.92. The number of benzene rings is 2. The summed E-state index contributed by atoms with van der Waals surface area (Å²) in [6.45, 7) is -0.123. The van der Waals surface area contributed by atoms with Gasteiger partial charge < -0.3 is 15.4 Å². The fraction of sp³-hybridized carbons (Fsp3) is 0.207. The molecule has 0 radical (unpaired) electrons. The zero-order valence-electron chi connectivity index (χ0n) is 23.8. The highest BCUT2D eigenvalue weighted by molar-refractivity contribution is 7.22. The first-order valence-corrected chi connectivity index (χ1v) is 13.9. The van der Waals surface area contributed by atoms with Crippen molar-refractivity contribution in [2.24, 2.45) is 5.73 Å². The van der Waals surface area contributed by atoms with E-state index >= 15 is 0 Å². The van der Waals surface area contributed by atoms with E-state index in [4.69, 9.17) is 15.3 Å². The van der Waals surface area contributed by atoms with Gasteiger partial charge in [0.2, 0.25) is 5.88 Å². The average molecular weight is 624 g/mol. The van der Waals surface area contributed by atoms with Crippen molar-refractivity contribution in [3.8, 4) is 22.1 Å². The molecule has 3 heterocycles. The lowest BCUT2D eigenvalue weighted by molar-refractivity contribution is 0.0521. The predicted octanol–water partition coefficient (Wildman–Crippen LogP) is 3.17. The summed E-state index contributed by atoms with van der Waals surface area (Å²) < 4.78 is 36.8. The van der Waals surface area contributed by atoms with Gasteiger partial charge in [0.15, 0.2) is 5.82 Å². The number of ether oxygens (including phenoxy) is 1. The Morgan fingerprint density at radius 1 is 1.02 bits per heavy atom. The van der Waals surface area contributed by atoms with E-state index < -0.39 is 35.5 Å². The highest BCUT2D eigenvalue weighted by atomic mass is 32.1. The number of primary amides is 1. The molecular formula is C29H27F2N7O5S. The molecule has 228 valence electrons. The molecule has 0 aliphatic carbocycles. The number of carbonyl (C=O) groups excluding carboxylic acids is 1. The molecule has 5 rings (SSSR count). The summed E-state index contributed by atoms with van der Waals surface area (Å²) in [6.07, 6.45) is 0. The Balaban J connectivity index is 1.76. The summed E-state index contributed by atoms with van der Waals surface area (Å²) in [5.74, 6) is -1.58. The van der Waals surface area contributed by atoms with Gasteiger partial charge in [-0.05, 0) is 49.0 Å². The van der Waals surface area contributed by atoms with Gasteiger partial charge in [0.25, 0.3) is 5.56 Å². The van der Waals surface area contributed by atoms with Crippen LogP contribution >= 0.6 is 11.3 Å². The largest absolute Gasteiger partial charge is 0.480 e. The van der Waals surface area contributed by atoms with Crippen LogP contribution in [0.4, 0.5) is 13.6 Å². The first-order chi connectivity index (χ1) is 21.1. The molecule has 0 atom stereocenters. The van der Waals surface area contributed by atoms with Crippen LogP contribution in [-0.4, -0.2) is 51.5 Å². The molecule has 0 spiro atoms. The number of amides is 2. The molecule has 0 aliphatic rings. The lowest BCUT2D eigenvalue weighted by atomic mass is 10.1. The van der Waals surface area contributed by atoms with E-state index in [2.05, 4.69) is 15.7 Å². The van der Waals surface area contributed by atoms with Crippen LogP contribution in [0.15, 0.2) is 64.2 Å². The molecule has 0 saturated carbocycles. The second kappa shape index (κ2) is 12.7. The molecule has 0 saturated heterocycles. The van der Waals surface area contributed by atoms with Crippen LogP contribution in [-0.2, 0) is 24.5 Å². The third kappa shape index (κ3) is 6.06. The van der Waals surface area contributed by atoms with Crippen molar-refractivity contribution in [1.82, 2.24) is 29.7 Å². The molecule has 3 aromatic heterocycles. The lowest BCUT2D eigenvalue weighted by Gasteiger charge is -2.14. The van der Waals surface area contributed by atoms with Gasteiger partial charge in [0, 0.05) is 23.1 Å². The number of hydroxylamine groups is 1. The van der Waals surface area contributed by atoms with Crippen molar-refractivity contribution >= 4 is 27.6 Å². The van der Waals surface area contributed by atoms with Crippen molar-refractivity contribution in [3.05, 3.63) is 104 Å². The lowest BCUT2D eigenvalue weighted by Crippen LogP contribution is -2.39. The molecule has 0 fully saturated rings. The Morgan fingerprint density at radius 2 is 1.73 bits per heavy atom. The number of halogens is 2. The van der Waals surface area contributed by atoms with Gasteiger partial charge in [-0.1, -0.05) is 30.3 Å². The van der Waals surface area contributed by atoms with Gasteiger partial charge >= 0.3 is 11.7 Å². The number of carbonyl (C=O) groups is 1. The van der Waals surface area contributed by atoms with Gasteiger partial charge in [0.05, 0.1) is 25.6 Å². The smallest absolute Gasteiger partial charge is 0.338 e. The van der Waals surface area contributed by atoms with Gasteiger partial charge in [-0.25, -0.2) is 28.4 Å². The van der Waals surface area contributed by atoms with Crippen molar-refractivity contribution < 1.29 is 23.1 Å².